The lowest BCUT2D eigenvalue weighted by Gasteiger charge is -2.41. The Morgan fingerprint density at radius 2 is 1.28 bits per heavy atom. The van der Waals surface area contributed by atoms with E-state index in [4.69, 9.17) is 26.8 Å². The molecule has 3 heterocycles. The molecule has 0 bridgehead atoms. The zero-order chi connectivity index (χ0) is 32.1. The molecule has 2 saturated carbocycles. The topological polar surface area (TPSA) is 143 Å². The van der Waals surface area contributed by atoms with Crippen molar-refractivity contribution < 1.29 is 19.1 Å². The maximum absolute atomic E-state index is 11.6. The van der Waals surface area contributed by atoms with Gasteiger partial charge >= 0.3 is 11.9 Å². The van der Waals surface area contributed by atoms with Crippen molar-refractivity contribution >= 4 is 35.9 Å². The second-order valence-corrected chi connectivity index (χ2v) is 11.3. The Kier molecular flexibility index (Phi) is 14.0. The molecule has 10 nitrogen and oxygen atoms in total. The number of aromatic nitrogens is 5. The maximum atomic E-state index is 11.6. The van der Waals surface area contributed by atoms with Gasteiger partial charge in [0.2, 0.25) is 5.28 Å². The van der Waals surface area contributed by atoms with Crippen LogP contribution in [0.4, 0.5) is 0 Å². The van der Waals surface area contributed by atoms with E-state index in [0.717, 1.165) is 37.9 Å². The van der Waals surface area contributed by atoms with Crippen molar-refractivity contribution in [2.45, 2.75) is 69.7 Å². The molecule has 4 aromatic rings. The molecule has 2 fully saturated rings. The molecule has 0 aliphatic heterocycles. The van der Waals surface area contributed by atoms with Crippen molar-refractivity contribution in [1.82, 2.24) is 24.9 Å². The van der Waals surface area contributed by atoms with Crippen molar-refractivity contribution in [3.63, 3.8) is 0 Å². The summed E-state index contributed by atoms with van der Waals surface area (Å²) in [5.74, 6) is -0.0505. The molecule has 244 valence electrons. The van der Waals surface area contributed by atoms with E-state index in [0.29, 0.717) is 24.3 Å². The Morgan fingerprint density at radius 3 is 1.72 bits per heavy atom. The highest BCUT2D eigenvalue weighted by Crippen LogP contribution is 2.45. The van der Waals surface area contributed by atoms with Gasteiger partial charge in [-0.25, -0.2) is 29.5 Å². The molecule has 0 spiro atoms. The quantitative estimate of drug-likeness (QED) is 0.164. The number of carbonyl (C=O) groups excluding carboxylic acids is 2. The van der Waals surface area contributed by atoms with Crippen LogP contribution in [0.3, 0.4) is 0 Å². The molecular formula is C34H40Cl2N6O4. The van der Waals surface area contributed by atoms with Gasteiger partial charge in [-0.05, 0) is 74.7 Å². The Balaban J connectivity index is 0.000000203. The number of benzene rings is 1. The van der Waals surface area contributed by atoms with Crippen LogP contribution in [0, 0.1) is 0 Å². The van der Waals surface area contributed by atoms with Crippen LogP contribution in [0.1, 0.15) is 90.0 Å². The molecule has 0 amide bonds. The predicted octanol–water partition coefficient (Wildman–Crippen LogP) is 6.47. The first-order valence-electron chi connectivity index (χ1n) is 15.2. The molecule has 2 aliphatic carbocycles. The minimum absolute atomic E-state index is 0. The van der Waals surface area contributed by atoms with Crippen LogP contribution < -0.4 is 5.73 Å². The van der Waals surface area contributed by atoms with E-state index in [1.807, 2.05) is 18.3 Å². The average Bonchev–Trinajstić information content (AvgIpc) is 3.04. The third-order valence-corrected chi connectivity index (χ3v) is 8.22. The lowest BCUT2D eigenvalue weighted by molar-refractivity contribution is 0.0515. The molecular weight excluding hydrogens is 627 g/mol. The van der Waals surface area contributed by atoms with E-state index in [2.05, 4.69) is 55.3 Å². The van der Waals surface area contributed by atoms with E-state index in [1.54, 1.807) is 32.4 Å². The minimum Gasteiger partial charge on any atom is -0.462 e. The molecule has 0 radical (unpaired) electrons. The SMILES string of the molecule is CCOC(=O)c1cnc(CC2(c3cccnc3)CCC2)nc1.CCOC(=O)c1cnc(Cl)nc1.Cl.NC1(c2ccccc2)CCC1. The Hall–Kier alpha value is -3.99. The van der Waals surface area contributed by atoms with Crippen molar-refractivity contribution in [1.29, 1.82) is 0 Å². The van der Waals surface area contributed by atoms with E-state index in [9.17, 15) is 9.59 Å². The Labute approximate surface area is 281 Å². The lowest BCUT2D eigenvalue weighted by atomic mass is 9.63. The van der Waals surface area contributed by atoms with Gasteiger partial charge in [-0.15, -0.1) is 12.4 Å². The Morgan fingerprint density at radius 1 is 0.761 bits per heavy atom. The molecule has 2 aliphatic rings. The van der Waals surface area contributed by atoms with Crippen molar-refractivity contribution in [3.8, 4) is 0 Å². The summed E-state index contributed by atoms with van der Waals surface area (Å²) in [6.07, 6.45) is 17.3. The molecule has 2 N–H and O–H groups in total. The standard InChI is InChI=1S/C17H19N3O2.C10H13N.C7H7ClN2O2.ClH/c1-2-22-16(21)13-10-19-15(20-11-13)9-17(6-4-7-17)14-5-3-8-18-12-14;11-10(7-4-8-10)9-5-2-1-3-6-9;1-2-12-6(11)5-3-9-7(8)10-4-5;/h3,5,8,10-12H,2,4,6-7,9H2,1H3;1-3,5-6H,4,7-8,11H2;3-4H,2H2,1H3;1H. The molecule has 0 saturated heterocycles. The highest BCUT2D eigenvalue weighted by atomic mass is 35.5. The monoisotopic (exact) mass is 666 g/mol. The third-order valence-electron chi connectivity index (χ3n) is 8.02. The Bertz CT molecular complexity index is 1500. The summed E-state index contributed by atoms with van der Waals surface area (Å²) in [6, 6.07) is 14.5. The zero-order valence-corrected chi connectivity index (χ0v) is 27.7. The summed E-state index contributed by atoms with van der Waals surface area (Å²) in [7, 11) is 0. The molecule has 6 rings (SSSR count). The second kappa shape index (κ2) is 17.6. The van der Waals surface area contributed by atoms with Gasteiger partial charge in [-0.2, -0.15) is 0 Å². The number of halogens is 2. The van der Waals surface area contributed by atoms with E-state index in [1.165, 1.54) is 36.4 Å². The fourth-order valence-corrected chi connectivity index (χ4v) is 5.26. The molecule has 3 aromatic heterocycles. The van der Waals surface area contributed by atoms with E-state index in [-0.39, 0.29) is 34.6 Å². The smallest absolute Gasteiger partial charge is 0.341 e. The third kappa shape index (κ3) is 9.75. The summed E-state index contributed by atoms with van der Waals surface area (Å²) in [6.45, 7) is 4.20. The van der Waals surface area contributed by atoms with Crippen LogP contribution in [-0.4, -0.2) is 50.1 Å². The van der Waals surface area contributed by atoms with Crippen LogP contribution in [0.15, 0.2) is 79.6 Å². The number of esters is 2. The van der Waals surface area contributed by atoms with Gasteiger partial charge in [0.05, 0.1) is 24.3 Å². The summed E-state index contributed by atoms with van der Waals surface area (Å²) in [5.41, 5.74) is 9.49. The normalized spacial score (nSPS) is 15.0. The van der Waals surface area contributed by atoms with Crippen LogP contribution in [-0.2, 0) is 26.8 Å². The highest BCUT2D eigenvalue weighted by molar-refractivity contribution is 6.28. The summed E-state index contributed by atoms with van der Waals surface area (Å²) < 4.78 is 9.65. The summed E-state index contributed by atoms with van der Waals surface area (Å²) in [5, 5.41) is 0.114. The number of hydrogen-bond donors (Lipinski definition) is 1. The van der Waals surface area contributed by atoms with Gasteiger partial charge < -0.3 is 15.2 Å². The first-order valence-corrected chi connectivity index (χ1v) is 15.5. The average molecular weight is 668 g/mol. The zero-order valence-electron chi connectivity index (χ0n) is 26.1. The van der Waals surface area contributed by atoms with Gasteiger partial charge in [-0.3, -0.25) is 4.98 Å². The molecule has 0 atom stereocenters. The number of nitrogens with two attached hydrogens (primary N) is 1. The maximum Gasteiger partial charge on any atom is 0.341 e. The van der Waals surface area contributed by atoms with Crippen LogP contribution >= 0.6 is 24.0 Å². The van der Waals surface area contributed by atoms with E-state index < -0.39 is 5.97 Å². The molecule has 1 aromatic carbocycles. The minimum atomic E-state index is -0.436. The van der Waals surface area contributed by atoms with Crippen LogP contribution in [0.2, 0.25) is 5.28 Å². The lowest BCUT2D eigenvalue weighted by Crippen LogP contribution is -2.43. The van der Waals surface area contributed by atoms with Crippen molar-refractivity contribution in [2.75, 3.05) is 13.2 Å². The number of hydrogen-bond acceptors (Lipinski definition) is 10. The fourth-order valence-electron chi connectivity index (χ4n) is 5.16. The van der Waals surface area contributed by atoms with Crippen molar-refractivity contribution in [2.24, 2.45) is 5.73 Å². The van der Waals surface area contributed by atoms with Gasteiger partial charge in [-0.1, -0.05) is 42.8 Å². The van der Waals surface area contributed by atoms with Gasteiger partial charge in [0.1, 0.15) is 5.82 Å². The molecule has 46 heavy (non-hydrogen) atoms. The van der Waals surface area contributed by atoms with E-state index >= 15 is 0 Å². The highest BCUT2D eigenvalue weighted by Gasteiger charge is 2.39. The largest absolute Gasteiger partial charge is 0.462 e. The molecule has 0 unspecified atom stereocenters. The van der Waals surface area contributed by atoms with Crippen LogP contribution in [0.25, 0.3) is 0 Å². The first-order chi connectivity index (χ1) is 21.8. The fraction of sp³-hybridized carbons (Fsp3) is 0.382. The van der Waals surface area contributed by atoms with Crippen molar-refractivity contribution in [3.05, 3.63) is 113 Å². The summed E-state index contributed by atoms with van der Waals surface area (Å²) >= 11 is 5.42. The second-order valence-electron chi connectivity index (χ2n) is 11.0. The molecule has 12 heteroatoms. The predicted molar refractivity (Wildman–Crippen MR) is 178 cm³/mol. The van der Waals surface area contributed by atoms with Gasteiger partial charge in [0, 0.05) is 54.6 Å². The number of rotatable bonds is 8. The number of carbonyl (C=O) groups is 2. The first kappa shape index (κ1) is 36.5. The van der Waals surface area contributed by atoms with Crippen LogP contribution in [0.5, 0.6) is 0 Å². The number of pyridine rings is 1. The number of ether oxygens (including phenoxy) is 2. The summed E-state index contributed by atoms with van der Waals surface area (Å²) in [4.78, 5) is 42.8. The van der Waals surface area contributed by atoms with Gasteiger partial charge in [0.15, 0.2) is 0 Å². The number of nitrogens with zero attached hydrogens (tertiary/aromatic N) is 5. The van der Waals surface area contributed by atoms with Gasteiger partial charge in [0.25, 0.3) is 0 Å².